The normalized spacial score (nSPS) is 10.9. The summed E-state index contributed by atoms with van der Waals surface area (Å²) in [4.78, 5) is 5.52. The number of anilines is 1. The van der Waals surface area contributed by atoms with Crippen molar-refractivity contribution in [2.75, 3.05) is 5.32 Å². The fourth-order valence-electron chi connectivity index (χ4n) is 1.75. The molecule has 2 nitrogen and oxygen atoms in total. The lowest BCUT2D eigenvalue weighted by molar-refractivity contribution is 1.17. The lowest BCUT2D eigenvalue weighted by Crippen LogP contribution is -1.96. The third-order valence-electron chi connectivity index (χ3n) is 2.59. The number of thiazole rings is 1. The first-order valence-electron chi connectivity index (χ1n) is 5.44. The highest BCUT2D eigenvalue weighted by molar-refractivity contribution is 7.17. The number of hydrogen-bond acceptors (Lipinski definition) is 4. The average Bonchev–Trinajstić information content (AvgIpc) is 2.94. The van der Waals surface area contributed by atoms with Crippen LogP contribution in [0.3, 0.4) is 0 Å². The second kappa shape index (κ2) is 4.47. The van der Waals surface area contributed by atoms with Crippen LogP contribution < -0.4 is 5.32 Å². The standard InChI is InChI=1S/C13H12N2S2/c1-9-14-7-12(17-9)8-15-11-2-3-13-10(6-11)4-5-16-13/h2-7,15H,8H2,1H3. The zero-order valence-electron chi connectivity index (χ0n) is 9.43. The topological polar surface area (TPSA) is 24.9 Å². The Morgan fingerprint density at radius 1 is 1.29 bits per heavy atom. The Balaban J connectivity index is 1.76. The van der Waals surface area contributed by atoms with Crippen LogP contribution in [0.25, 0.3) is 10.1 Å². The summed E-state index contributed by atoms with van der Waals surface area (Å²) in [7, 11) is 0. The van der Waals surface area contributed by atoms with Crippen LogP contribution in [0.1, 0.15) is 9.88 Å². The molecule has 0 aliphatic rings. The third kappa shape index (κ3) is 2.33. The molecule has 4 heteroatoms. The maximum atomic E-state index is 4.25. The number of aromatic nitrogens is 1. The summed E-state index contributed by atoms with van der Waals surface area (Å²) in [6, 6.07) is 8.65. The van der Waals surface area contributed by atoms with Gasteiger partial charge in [0.05, 0.1) is 11.6 Å². The highest BCUT2D eigenvalue weighted by Gasteiger charge is 2.00. The van der Waals surface area contributed by atoms with Gasteiger partial charge in [-0.2, -0.15) is 0 Å². The number of nitrogens with zero attached hydrogens (tertiary/aromatic N) is 1. The molecule has 1 aromatic carbocycles. The van der Waals surface area contributed by atoms with Crippen molar-refractivity contribution in [2.24, 2.45) is 0 Å². The van der Waals surface area contributed by atoms with Crippen molar-refractivity contribution in [1.29, 1.82) is 0 Å². The van der Waals surface area contributed by atoms with Crippen molar-refractivity contribution in [3.8, 4) is 0 Å². The highest BCUT2D eigenvalue weighted by Crippen LogP contribution is 2.24. The van der Waals surface area contributed by atoms with Crippen molar-refractivity contribution in [3.63, 3.8) is 0 Å². The molecule has 0 saturated heterocycles. The lowest BCUT2D eigenvalue weighted by Gasteiger charge is -2.04. The molecule has 1 N–H and O–H groups in total. The Bertz CT molecular complexity index is 639. The summed E-state index contributed by atoms with van der Waals surface area (Å²) in [5, 5.41) is 7.98. The van der Waals surface area contributed by atoms with Crippen LogP contribution in [0.2, 0.25) is 0 Å². The lowest BCUT2D eigenvalue weighted by atomic mass is 10.2. The fraction of sp³-hybridized carbons (Fsp3) is 0.154. The molecule has 0 atom stereocenters. The number of benzene rings is 1. The molecule has 0 saturated carbocycles. The van der Waals surface area contributed by atoms with Gasteiger partial charge in [0.1, 0.15) is 0 Å². The SMILES string of the molecule is Cc1ncc(CNc2ccc3sccc3c2)s1. The minimum atomic E-state index is 0.848. The number of aryl methyl sites for hydroxylation is 1. The molecule has 3 rings (SSSR count). The number of hydrogen-bond donors (Lipinski definition) is 1. The zero-order valence-corrected chi connectivity index (χ0v) is 11.1. The van der Waals surface area contributed by atoms with Crippen LogP contribution in [-0.2, 0) is 6.54 Å². The van der Waals surface area contributed by atoms with E-state index in [-0.39, 0.29) is 0 Å². The van der Waals surface area contributed by atoms with E-state index in [2.05, 4.69) is 39.9 Å². The van der Waals surface area contributed by atoms with Crippen LogP contribution in [0.15, 0.2) is 35.8 Å². The summed E-state index contributed by atoms with van der Waals surface area (Å²) in [6.45, 7) is 2.88. The number of rotatable bonds is 3. The van der Waals surface area contributed by atoms with Gasteiger partial charge in [-0.15, -0.1) is 22.7 Å². The Kier molecular flexibility index (Phi) is 2.82. The van der Waals surface area contributed by atoms with Gasteiger partial charge in [0, 0.05) is 21.5 Å². The van der Waals surface area contributed by atoms with Gasteiger partial charge in [-0.25, -0.2) is 4.98 Å². The summed E-state index contributed by atoms with van der Waals surface area (Å²) in [5.74, 6) is 0. The highest BCUT2D eigenvalue weighted by atomic mass is 32.1. The van der Waals surface area contributed by atoms with Gasteiger partial charge >= 0.3 is 0 Å². The molecule has 0 spiro atoms. The smallest absolute Gasteiger partial charge is 0.0897 e. The van der Waals surface area contributed by atoms with E-state index in [0.29, 0.717) is 0 Å². The first-order chi connectivity index (χ1) is 8.31. The second-order valence-corrected chi connectivity index (χ2v) is 6.14. The van der Waals surface area contributed by atoms with Gasteiger partial charge in [0.2, 0.25) is 0 Å². The molecular weight excluding hydrogens is 248 g/mol. The molecule has 0 radical (unpaired) electrons. The molecular formula is C13H12N2S2. The van der Waals surface area contributed by atoms with Crippen molar-refractivity contribution in [2.45, 2.75) is 13.5 Å². The Hall–Kier alpha value is -1.39. The number of thiophene rings is 1. The molecule has 86 valence electrons. The van der Waals surface area contributed by atoms with Crippen LogP contribution in [0.4, 0.5) is 5.69 Å². The van der Waals surface area contributed by atoms with Gasteiger partial charge < -0.3 is 5.32 Å². The van der Waals surface area contributed by atoms with Crippen molar-refractivity contribution < 1.29 is 0 Å². The third-order valence-corrected chi connectivity index (χ3v) is 4.40. The average molecular weight is 260 g/mol. The Labute approximate surface area is 108 Å². The van der Waals surface area contributed by atoms with E-state index in [1.54, 1.807) is 22.7 Å². The first kappa shape index (κ1) is 10.7. The van der Waals surface area contributed by atoms with Gasteiger partial charge in [-0.05, 0) is 42.0 Å². The quantitative estimate of drug-likeness (QED) is 0.760. The van der Waals surface area contributed by atoms with E-state index in [9.17, 15) is 0 Å². The van der Waals surface area contributed by atoms with Crippen molar-refractivity contribution >= 4 is 38.4 Å². The molecule has 17 heavy (non-hydrogen) atoms. The summed E-state index contributed by atoms with van der Waals surface area (Å²) >= 11 is 3.52. The fourth-order valence-corrected chi connectivity index (χ4v) is 3.26. The van der Waals surface area contributed by atoms with Gasteiger partial charge in [-0.1, -0.05) is 0 Å². The molecule has 0 aliphatic heterocycles. The van der Waals surface area contributed by atoms with E-state index in [1.807, 2.05) is 13.1 Å². The minimum Gasteiger partial charge on any atom is -0.380 e. The second-order valence-electron chi connectivity index (χ2n) is 3.87. The predicted molar refractivity (Wildman–Crippen MR) is 76.0 cm³/mol. The van der Waals surface area contributed by atoms with E-state index in [4.69, 9.17) is 0 Å². The molecule has 0 unspecified atom stereocenters. The zero-order chi connectivity index (χ0) is 11.7. The van der Waals surface area contributed by atoms with Crippen LogP contribution in [0.5, 0.6) is 0 Å². The summed E-state index contributed by atoms with van der Waals surface area (Å²) in [5.41, 5.74) is 1.17. The largest absolute Gasteiger partial charge is 0.380 e. The molecule has 2 heterocycles. The Morgan fingerprint density at radius 3 is 3.06 bits per heavy atom. The monoisotopic (exact) mass is 260 g/mol. The number of fused-ring (bicyclic) bond motifs is 1. The molecule has 0 aliphatic carbocycles. The van der Waals surface area contributed by atoms with E-state index in [1.165, 1.54) is 20.7 Å². The predicted octanol–water partition coefficient (Wildman–Crippen LogP) is 4.28. The van der Waals surface area contributed by atoms with Crippen molar-refractivity contribution in [3.05, 3.63) is 45.7 Å². The van der Waals surface area contributed by atoms with Gasteiger partial charge in [-0.3, -0.25) is 0 Å². The van der Waals surface area contributed by atoms with Gasteiger partial charge in [0.15, 0.2) is 0 Å². The van der Waals surface area contributed by atoms with E-state index < -0.39 is 0 Å². The van der Waals surface area contributed by atoms with E-state index in [0.717, 1.165) is 11.6 Å². The minimum absolute atomic E-state index is 0.848. The molecule has 0 fully saturated rings. The van der Waals surface area contributed by atoms with Gasteiger partial charge in [0.25, 0.3) is 0 Å². The maximum absolute atomic E-state index is 4.25. The molecule has 0 bridgehead atoms. The van der Waals surface area contributed by atoms with E-state index >= 15 is 0 Å². The van der Waals surface area contributed by atoms with Crippen LogP contribution >= 0.6 is 22.7 Å². The van der Waals surface area contributed by atoms with Crippen LogP contribution in [0, 0.1) is 6.92 Å². The molecule has 2 aromatic heterocycles. The molecule has 3 aromatic rings. The summed E-state index contributed by atoms with van der Waals surface area (Å²) in [6.07, 6.45) is 1.94. The summed E-state index contributed by atoms with van der Waals surface area (Å²) < 4.78 is 1.34. The molecule has 0 amide bonds. The van der Waals surface area contributed by atoms with Crippen molar-refractivity contribution in [1.82, 2.24) is 4.98 Å². The maximum Gasteiger partial charge on any atom is 0.0897 e. The Morgan fingerprint density at radius 2 is 2.24 bits per heavy atom. The number of nitrogens with one attached hydrogen (secondary N) is 1. The van der Waals surface area contributed by atoms with Crippen LogP contribution in [-0.4, -0.2) is 4.98 Å². The first-order valence-corrected chi connectivity index (χ1v) is 7.13.